The van der Waals surface area contributed by atoms with Crippen LogP contribution in [0.2, 0.25) is 0 Å². The SMILES string of the molecule is COc1ccc(C(=O)N[C@H]2CCC(=O)NC2c2ccccc2)cc1OCC1CC1. The molecule has 4 rings (SSSR count). The lowest BCUT2D eigenvalue weighted by Crippen LogP contribution is -2.50. The second-order valence-corrected chi connectivity index (χ2v) is 7.69. The summed E-state index contributed by atoms with van der Waals surface area (Å²) in [6.07, 6.45) is 3.37. The normalized spacial score (nSPS) is 21.2. The highest BCUT2D eigenvalue weighted by molar-refractivity contribution is 5.95. The number of nitrogens with one attached hydrogen (secondary N) is 2. The lowest BCUT2D eigenvalue weighted by atomic mass is 9.91. The Hall–Kier alpha value is -3.02. The van der Waals surface area contributed by atoms with Gasteiger partial charge in [-0.1, -0.05) is 30.3 Å². The molecule has 29 heavy (non-hydrogen) atoms. The minimum atomic E-state index is -0.245. The first-order chi connectivity index (χ1) is 14.1. The lowest BCUT2D eigenvalue weighted by Gasteiger charge is -2.33. The molecule has 1 heterocycles. The monoisotopic (exact) mass is 394 g/mol. The number of hydrogen-bond donors (Lipinski definition) is 2. The smallest absolute Gasteiger partial charge is 0.251 e. The molecule has 2 aromatic carbocycles. The molecule has 0 radical (unpaired) electrons. The van der Waals surface area contributed by atoms with E-state index in [2.05, 4.69) is 10.6 Å². The number of piperidine rings is 1. The summed E-state index contributed by atoms with van der Waals surface area (Å²) in [5.41, 5.74) is 1.49. The van der Waals surface area contributed by atoms with Crippen LogP contribution in [0.1, 0.15) is 47.6 Å². The third-order valence-corrected chi connectivity index (χ3v) is 5.47. The molecule has 1 aliphatic carbocycles. The van der Waals surface area contributed by atoms with Crippen LogP contribution in [0.15, 0.2) is 48.5 Å². The van der Waals surface area contributed by atoms with Crippen molar-refractivity contribution in [3.63, 3.8) is 0 Å². The molecule has 6 heteroatoms. The largest absolute Gasteiger partial charge is 0.493 e. The Labute approximate surface area is 170 Å². The minimum Gasteiger partial charge on any atom is -0.493 e. The number of ether oxygens (including phenoxy) is 2. The van der Waals surface area contributed by atoms with Gasteiger partial charge in [-0.05, 0) is 48.9 Å². The van der Waals surface area contributed by atoms with Crippen molar-refractivity contribution in [2.24, 2.45) is 5.92 Å². The molecule has 1 saturated heterocycles. The molecule has 0 spiro atoms. The molecule has 2 N–H and O–H groups in total. The Balaban J connectivity index is 1.49. The molecule has 0 bridgehead atoms. The fraction of sp³-hybridized carbons (Fsp3) is 0.391. The molecular weight excluding hydrogens is 368 g/mol. The van der Waals surface area contributed by atoms with Crippen LogP contribution in [0.4, 0.5) is 0 Å². The summed E-state index contributed by atoms with van der Waals surface area (Å²) in [5, 5.41) is 6.11. The second kappa shape index (κ2) is 8.55. The summed E-state index contributed by atoms with van der Waals surface area (Å²) in [6.45, 7) is 0.645. The van der Waals surface area contributed by atoms with Gasteiger partial charge < -0.3 is 20.1 Å². The lowest BCUT2D eigenvalue weighted by molar-refractivity contribution is -0.123. The molecule has 6 nitrogen and oxygen atoms in total. The predicted molar refractivity (Wildman–Crippen MR) is 109 cm³/mol. The predicted octanol–water partition coefficient (Wildman–Crippen LogP) is 3.23. The van der Waals surface area contributed by atoms with Gasteiger partial charge in [-0.25, -0.2) is 0 Å². The van der Waals surface area contributed by atoms with Gasteiger partial charge in [-0.15, -0.1) is 0 Å². The van der Waals surface area contributed by atoms with Crippen molar-refractivity contribution in [2.75, 3.05) is 13.7 Å². The van der Waals surface area contributed by atoms with Crippen molar-refractivity contribution >= 4 is 11.8 Å². The van der Waals surface area contributed by atoms with Crippen LogP contribution in [0, 0.1) is 5.92 Å². The summed E-state index contributed by atoms with van der Waals surface area (Å²) in [4.78, 5) is 24.9. The average molecular weight is 394 g/mol. The number of amides is 2. The molecule has 2 aromatic rings. The molecule has 2 atom stereocenters. The first-order valence-electron chi connectivity index (χ1n) is 10.1. The third kappa shape index (κ3) is 4.70. The highest BCUT2D eigenvalue weighted by Crippen LogP contribution is 2.33. The van der Waals surface area contributed by atoms with Crippen LogP contribution in [0.5, 0.6) is 11.5 Å². The Kier molecular flexibility index (Phi) is 5.69. The van der Waals surface area contributed by atoms with E-state index in [-0.39, 0.29) is 23.9 Å². The van der Waals surface area contributed by atoms with Crippen LogP contribution < -0.4 is 20.1 Å². The van der Waals surface area contributed by atoms with E-state index in [1.807, 2.05) is 30.3 Å². The van der Waals surface area contributed by atoms with Gasteiger partial charge >= 0.3 is 0 Å². The van der Waals surface area contributed by atoms with Crippen LogP contribution >= 0.6 is 0 Å². The number of carbonyl (C=O) groups excluding carboxylic acids is 2. The maximum Gasteiger partial charge on any atom is 0.251 e. The fourth-order valence-electron chi connectivity index (χ4n) is 3.61. The summed E-state index contributed by atoms with van der Waals surface area (Å²) in [5.74, 6) is 1.63. The van der Waals surface area contributed by atoms with Gasteiger partial charge in [0, 0.05) is 12.0 Å². The fourth-order valence-corrected chi connectivity index (χ4v) is 3.61. The van der Waals surface area contributed by atoms with Gasteiger partial charge in [0.25, 0.3) is 5.91 Å². The van der Waals surface area contributed by atoms with E-state index in [9.17, 15) is 9.59 Å². The summed E-state index contributed by atoms with van der Waals surface area (Å²) >= 11 is 0. The topological polar surface area (TPSA) is 76.7 Å². The van der Waals surface area contributed by atoms with E-state index in [4.69, 9.17) is 9.47 Å². The summed E-state index contributed by atoms with van der Waals surface area (Å²) in [6, 6.07) is 14.5. The molecule has 1 unspecified atom stereocenters. The van der Waals surface area contributed by atoms with Gasteiger partial charge in [-0.3, -0.25) is 9.59 Å². The Morgan fingerprint density at radius 2 is 1.90 bits per heavy atom. The van der Waals surface area contributed by atoms with Crippen LogP contribution in [0.25, 0.3) is 0 Å². The van der Waals surface area contributed by atoms with Gasteiger partial charge in [0.15, 0.2) is 11.5 Å². The average Bonchev–Trinajstić information content (AvgIpc) is 3.58. The molecule has 1 aliphatic heterocycles. The first kappa shape index (κ1) is 19.3. The maximum atomic E-state index is 13.0. The number of methoxy groups -OCH3 is 1. The minimum absolute atomic E-state index is 0.00422. The van der Waals surface area contributed by atoms with E-state index < -0.39 is 0 Å². The van der Waals surface area contributed by atoms with E-state index in [0.29, 0.717) is 42.4 Å². The number of hydrogen-bond acceptors (Lipinski definition) is 4. The van der Waals surface area contributed by atoms with Gasteiger partial charge in [0.2, 0.25) is 5.91 Å². The molecule has 2 fully saturated rings. The van der Waals surface area contributed by atoms with Crippen LogP contribution in [-0.2, 0) is 4.79 Å². The molecule has 0 aromatic heterocycles. The van der Waals surface area contributed by atoms with Gasteiger partial charge in [-0.2, -0.15) is 0 Å². The Bertz CT molecular complexity index is 880. The third-order valence-electron chi connectivity index (χ3n) is 5.47. The van der Waals surface area contributed by atoms with Crippen molar-refractivity contribution in [2.45, 2.75) is 37.8 Å². The highest BCUT2D eigenvalue weighted by atomic mass is 16.5. The quantitative estimate of drug-likeness (QED) is 0.756. The Morgan fingerprint density at radius 3 is 2.62 bits per heavy atom. The summed E-state index contributed by atoms with van der Waals surface area (Å²) < 4.78 is 11.2. The van der Waals surface area contributed by atoms with Crippen LogP contribution in [0.3, 0.4) is 0 Å². The van der Waals surface area contributed by atoms with Gasteiger partial charge in [0.1, 0.15) is 0 Å². The van der Waals surface area contributed by atoms with Gasteiger partial charge in [0.05, 0.1) is 25.8 Å². The van der Waals surface area contributed by atoms with E-state index in [1.54, 1.807) is 25.3 Å². The Morgan fingerprint density at radius 1 is 1.10 bits per heavy atom. The highest BCUT2D eigenvalue weighted by Gasteiger charge is 2.31. The molecule has 152 valence electrons. The van der Waals surface area contributed by atoms with Crippen molar-refractivity contribution in [1.82, 2.24) is 10.6 Å². The van der Waals surface area contributed by atoms with E-state index in [1.165, 1.54) is 12.8 Å². The molecule has 2 amide bonds. The van der Waals surface area contributed by atoms with Crippen molar-refractivity contribution < 1.29 is 19.1 Å². The summed E-state index contributed by atoms with van der Waals surface area (Å²) in [7, 11) is 1.59. The molecular formula is C23H26N2O4. The number of rotatable bonds is 7. The number of carbonyl (C=O) groups is 2. The van der Waals surface area contributed by atoms with E-state index >= 15 is 0 Å². The van der Waals surface area contributed by atoms with Crippen molar-refractivity contribution in [3.05, 3.63) is 59.7 Å². The molecule has 1 saturated carbocycles. The zero-order chi connectivity index (χ0) is 20.2. The zero-order valence-corrected chi connectivity index (χ0v) is 16.5. The zero-order valence-electron chi connectivity index (χ0n) is 16.5. The second-order valence-electron chi connectivity index (χ2n) is 7.69. The van der Waals surface area contributed by atoms with Crippen LogP contribution in [-0.4, -0.2) is 31.6 Å². The molecule has 2 aliphatic rings. The maximum absolute atomic E-state index is 13.0. The van der Waals surface area contributed by atoms with E-state index in [0.717, 1.165) is 5.56 Å². The standard InChI is InChI=1S/C23H26N2O4/c1-28-19-11-9-17(13-20(19)29-14-15-7-8-15)23(27)24-18-10-12-21(26)25-22(18)16-5-3-2-4-6-16/h2-6,9,11,13,15,18,22H,7-8,10,12,14H2,1H3,(H,24,27)(H,25,26)/t18-,22?/m0/s1. The number of benzene rings is 2. The van der Waals surface area contributed by atoms with Crippen molar-refractivity contribution in [3.8, 4) is 11.5 Å². The van der Waals surface area contributed by atoms with Crippen molar-refractivity contribution in [1.29, 1.82) is 0 Å². The first-order valence-corrected chi connectivity index (χ1v) is 10.1.